The van der Waals surface area contributed by atoms with Crippen molar-refractivity contribution in [1.82, 2.24) is 20.9 Å². The van der Waals surface area contributed by atoms with Gasteiger partial charge in [0.2, 0.25) is 5.91 Å². The Hall–Kier alpha value is -2.84. The van der Waals surface area contributed by atoms with E-state index in [1.165, 1.54) is 12.7 Å². The molecule has 4 atom stereocenters. The molecule has 3 heterocycles. The molecular weight excluding hydrogens is 400 g/mol. The zero-order chi connectivity index (χ0) is 21.1. The molecule has 4 rings (SSSR count). The van der Waals surface area contributed by atoms with Crippen LogP contribution in [-0.4, -0.2) is 35.6 Å². The molecule has 8 heteroatoms. The van der Waals surface area contributed by atoms with Gasteiger partial charge in [-0.15, -0.1) is 11.8 Å². The number of aromatic nitrogens is 1. The van der Waals surface area contributed by atoms with Crippen molar-refractivity contribution in [1.29, 1.82) is 0 Å². The van der Waals surface area contributed by atoms with Crippen LogP contribution in [0.2, 0.25) is 0 Å². The second kappa shape index (κ2) is 8.89. The molecule has 2 aromatic rings. The molecule has 1 fully saturated rings. The molecule has 0 bridgehead atoms. The maximum atomic E-state index is 13.2. The molecule has 1 saturated heterocycles. The fourth-order valence-corrected chi connectivity index (χ4v) is 5.05. The lowest BCUT2D eigenvalue weighted by Gasteiger charge is -2.45. The van der Waals surface area contributed by atoms with Gasteiger partial charge in [0.05, 0.1) is 24.8 Å². The quantitative estimate of drug-likeness (QED) is 0.633. The minimum atomic E-state index is -0.513. The first kappa shape index (κ1) is 20.4. The van der Waals surface area contributed by atoms with Gasteiger partial charge in [-0.1, -0.05) is 36.4 Å². The summed E-state index contributed by atoms with van der Waals surface area (Å²) in [5.74, 6) is -0.754. The summed E-state index contributed by atoms with van der Waals surface area (Å²) in [6.07, 6.45) is 3.06. The zero-order valence-corrected chi connectivity index (χ0v) is 17.6. The van der Waals surface area contributed by atoms with Crippen LogP contribution in [0.25, 0.3) is 0 Å². The molecule has 0 saturated carbocycles. The normalized spacial score (nSPS) is 25.7. The van der Waals surface area contributed by atoms with Crippen molar-refractivity contribution in [2.45, 2.75) is 30.3 Å². The Morgan fingerprint density at radius 3 is 2.67 bits per heavy atom. The van der Waals surface area contributed by atoms with Crippen LogP contribution in [-0.2, 0) is 20.1 Å². The lowest BCUT2D eigenvalue weighted by molar-refractivity contribution is -0.137. The van der Waals surface area contributed by atoms with Crippen LogP contribution in [0.15, 0.2) is 66.1 Å². The molecular formula is C22H24N4O3S. The van der Waals surface area contributed by atoms with Crippen molar-refractivity contribution in [3.8, 4) is 0 Å². The average molecular weight is 425 g/mol. The van der Waals surface area contributed by atoms with E-state index < -0.39 is 17.8 Å². The Morgan fingerprint density at radius 2 is 1.97 bits per heavy atom. The molecule has 4 unspecified atom stereocenters. The Morgan fingerprint density at radius 1 is 1.17 bits per heavy atom. The van der Waals surface area contributed by atoms with Crippen molar-refractivity contribution < 1.29 is 14.3 Å². The molecule has 156 valence electrons. The summed E-state index contributed by atoms with van der Waals surface area (Å²) in [5.41, 5.74) is 2.91. The van der Waals surface area contributed by atoms with E-state index in [1.54, 1.807) is 24.2 Å². The number of amides is 1. The van der Waals surface area contributed by atoms with Gasteiger partial charge in [-0.3, -0.25) is 15.1 Å². The first-order valence-electron chi connectivity index (χ1n) is 9.76. The summed E-state index contributed by atoms with van der Waals surface area (Å²) in [5, 5.41) is 9.85. The molecule has 7 nitrogen and oxygen atoms in total. The highest BCUT2D eigenvalue weighted by molar-refractivity contribution is 7.99. The largest absolute Gasteiger partial charge is 0.466 e. The lowest BCUT2D eigenvalue weighted by Crippen LogP contribution is -2.67. The minimum Gasteiger partial charge on any atom is -0.466 e. The highest BCUT2D eigenvalue weighted by atomic mass is 32.2. The lowest BCUT2D eigenvalue weighted by atomic mass is 9.75. The van der Waals surface area contributed by atoms with Gasteiger partial charge in [0, 0.05) is 29.8 Å². The van der Waals surface area contributed by atoms with Gasteiger partial charge in [-0.25, -0.2) is 4.79 Å². The number of rotatable bonds is 5. The second-order valence-corrected chi connectivity index (χ2v) is 8.39. The third-order valence-electron chi connectivity index (χ3n) is 5.42. The van der Waals surface area contributed by atoms with Crippen LogP contribution in [0.4, 0.5) is 0 Å². The van der Waals surface area contributed by atoms with Crippen LogP contribution in [0.3, 0.4) is 0 Å². The fourth-order valence-electron chi connectivity index (χ4n) is 4.05. The fraction of sp³-hybridized carbons (Fsp3) is 0.318. The van der Waals surface area contributed by atoms with E-state index in [4.69, 9.17) is 4.74 Å². The standard InChI is InChI=1S/C22H24N4O3S/c1-13-16(21(28)29-2)17(15-9-6-10-23-11-15)18-19(24-13)25-22(26-20(18)27)30-12-14-7-4-3-5-8-14/h3-11,17-19,22,24-25H,12H2,1-2H3,(H,26,27). The van der Waals surface area contributed by atoms with Gasteiger partial charge in [0.25, 0.3) is 0 Å². The zero-order valence-electron chi connectivity index (χ0n) is 16.8. The van der Waals surface area contributed by atoms with Crippen molar-refractivity contribution >= 4 is 23.6 Å². The summed E-state index contributed by atoms with van der Waals surface area (Å²) >= 11 is 1.62. The van der Waals surface area contributed by atoms with Crippen molar-refractivity contribution in [2.75, 3.05) is 7.11 Å². The summed E-state index contributed by atoms with van der Waals surface area (Å²) in [7, 11) is 1.35. The van der Waals surface area contributed by atoms with Gasteiger partial charge in [0.1, 0.15) is 5.50 Å². The topological polar surface area (TPSA) is 92.4 Å². The number of allylic oxidation sites excluding steroid dienone is 1. The second-order valence-electron chi connectivity index (χ2n) is 7.29. The van der Waals surface area contributed by atoms with Crippen LogP contribution >= 0.6 is 11.8 Å². The molecule has 0 spiro atoms. The molecule has 30 heavy (non-hydrogen) atoms. The van der Waals surface area contributed by atoms with Crippen LogP contribution in [0.1, 0.15) is 24.0 Å². The van der Waals surface area contributed by atoms with E-state index in [9.17, 15) is 9.59 Å². The SMILES string of the molecule is COC(=O)C1=C(C)NC2NC(SCc3ccccc3)NC(=O)C2C1c1cccnc1. The monoisotopic (exact) mass is 424 g/mol. The van der Waals surface area contributed by atoms with Crippen molar-refractivity contribution in [3.05, 3.63) is 77.3 Å². The first-order valence-corrected chi connectivity index (χ1v) is 10.8. The molecule has 1 amide bonds. The number of hydrogen-bond acceptors (Lipinski definition) is 7. The number of hydrogen-bond donors (Lipinski definition) is 3. The van der Waals surface area contributed by atoms with Crippen LogP contribution in [0, 0.1) is 5.92 Å². The summed E-state index contributed by atoms with van der Waals surface area (Å²) in [4.78, 5) is 30.0. The predicted octanol–water partition coefficient (Wildman–Crippen LogP) is 2.09. The Balaban J connectivity index is 1.60. The highest BCUT2D eigenvalue weighted by Gasteiger charge is 2.48. The van der Waals surface area contributed by atoms with Gasteiger partial charge in [-0.2, -0.15) is 0 Å². The first-order chi connectivity index (χ1) is 14.6. The Kier molecular flexibility index (Phi) is 6.06. The Labute approximate surface area is 179 Å². The minimum absolute atomic E-state index is 0.112. The molecule has 0 aliphatic carbocycles. The number of pyridine rings is 1. The molecule has 2 aliphatic rings. The van der Waals surface area contributed by atoms with Crippen molar-refractivity contribution in [3.63, 3.8) is 0 Å². The van der Waals surface area contributed by atoms with E-state index in [0.29, 0.717) is 11.3 Å². The number of nitrogens with one attached hydrogen (secondary N) is 3. The van der Waals surface area contributed by atoms with Gasteiger partial charge >= 0.3 is 5.97 Å². The maximum absolute atomic E-state index is 13.2. The van der Waals surface area contributed by atoms with E-state index in [2.05, 4.69) is 33.1 Å². The summed E-state index contributed by atoms with van der Waals surface area (Å²) < 4.78 is 5.02. The number of nitrogens with zero attached hydrogens (tertiary/aromatic N) is 1. The van der Waals surface area contributed by atoms with Gasteiger partial charge < -0.3 is 15.4 Å². The number of methoxy groups -OCH3 is 1. The summed E-state index contributed by atoms with van der Waals surface area (Å²) in [6, 6.07) is 13.8. The molecule has 0 radical (unpaired) electrons. The van der Waals surface area contributed by atoms with E-state index >= 15 is 0 Å². The van der Waals surface area contributed by atoms with Gasteiger partial charge in [0.15, 0.2) is 0 Å². The number of fused-ring (bicyclic) bond motifs is 1. The third kappa shape index (κ3) is 4.06. The van der Waals surface area contributed by atoms with E-state index in [0.717, 1.165) is 11.3 Å². The van der Waals surface area contributed by atoms with Crippen LogP contribution in [0.5, 0.6) is 0 Å². The number of carbonyl (C=O) groups excluding carboxylic acids is 2. The summed E-state index contributed by atoms with van der Waals surface area (Å²) in [6.45, 7) is 1.84. The number of carbonyl (C=O) groups is 2. The highest BCUT2D eigenvalue weighted by Crippen LogP contribution is 2.40. The van der Waals surface area contributed by atoms with E-state index in [-0.39, 0.29) is 17.6 Å². The maximum Gasteiger partial charge on any atom is 0.336 e. The number of benzene rings is 1. The number of esters is 1. The average Bonchev–Trinajstić information content (AvgIpc) is 2.77. The molecule has 2 aliphatic heterocycles. The van der Waals surface area contributed by atoms with E-state index in [1.807, 2.05) is 37.3 Å². The third-order valence-corrected chi connectivity index (χ3v) is 6.51. The number of thioether (sulfide) groups is 1. The Bertz CT molecular complexity index is 951. The van der Waals surface area contributed by atoms with Crippen LogP contribution < -0.4 is 16.0 Å². The molecule has 1 aromatic heterocycles. The smallest absolute Gasteiger partial charge is 0.336 e. The molecule has 1 aromatic carbocycles. The van der Waals surface area contributed by atoms with Gasteiger partial charge in [-0.05, 0) is 24.1 Å². The predicted molar refractivity (Wildman–Crippen MR) is 115 cm³/mol. The molecule has 3 N–H and O–H groups in total. The number of ether oxygens (including phenoxy) is 1. The van der Waals surface area contributed by atoms with Crippen molar-refractivity contribution in [2.24, 2.45) is 5.92 Å².